The molecule has 0 aliphatic carbocycles. The fraction of sp³-hybridized carbons (Fsp3) is 0.643. The molecule has 0 spiro atoms. The van der Waals surface area contributed by atoms with Crippen molar-refractivity contribution in [3.8, 4) is 0 Å². The first-order valence-electron chi connectivity index (χ1n) is 7.28. The molecule has 21 heavy (non-hydrogen) atoms. The minimum Gasteiger partial charge on any atom is -0.354 e. The molecule has 1 rings (SSSR count). The highest BCUT2D eigenvalue weighted by Gasteiger charge is 2.17. The third-order valence-corrected chi connectivity index (χ3v) is 2.72. The summed E-state index contributed by atoms with van der Waals surface area (Å²) in [4.78, 5) is 21.5. The Morgan fingerprint density at radius 1 is 1.43 bits per heavy atom. The van der Waals surface area contributed by atoms with E-state index in [0.717, 1.165) is 12.6 Å². The average molecular weight is 297 g/mol. The summed E-state index contributed by atoms with van der Waals surface area (Å²) in [6, 6.07) is 0.0493. The van der Waals surface area contributed by atoms with Gasteiger partial charge < -0.3 is 15.5 Å². The number of halogens is 1. The minimum absolute atomic E-state index is 0.0493. The lowest BCUT2D eigenvalue weighted by molar-refractivity contribution is -0.120. The lowest BCUT2D eigenvalue weighted by Gasteiger charge is -2.22. The summed E-state index contributed by atoms with van der Waals surface area (Å²) in [5, 5.41) is 5.79. The number of amides is 1. The van der Waals surface area contributed by atoms with Gasteiger partial charge in [-0.1, -0.05) is 6.92 Å². The van der Waals surface area contributed by atoms with Gasteiger partial charge in [0.15, 0.2) is 11.6 Å². The molecule has 0 bridgehead atoms. The first-order valence-corrected chi connectivity index (χ1v) is 7.28. The van der Waals surface area contributed by atoms with Gasteiger partial charge in [0.2, 0.25) is 11.9 Å². The predicted octanol–water partition coefficient (Wildman–Crippen LogP) is 1.79. The van der Waals surface area contributed by atoms with Crippen LogP contribution >= 0.6 is 0 Å². The van der Waals surface area contributed by atoms with E-state index in [1.54, 1.807) is 4.90 Å². The summed E-state index contributed by atoms with van der Waals surface area (Å²) in [5.41, 5.74) is 0. The molecule has 0 radical (unpaired) electrons. The molecule has 1 amide bonds. The van der Waals surface area contributed by atoms with Crippen molar-refractivity contribution in [3.05, 3.63) is 12.0 Å². The van der Waals surface area contributed by atoms with Gasteiger partial charge in [0.05, 0.1) is 12.7 Å². The van der Waals surface area contributed by atoms with Gasteiger partial charge in [-0.15, -0.1) is 0 Å². The lowest BCUT2D eigenvalue weighted by Crippen LogP contribution is -2.40. The van der Waals surface area contributed by atoms with Gasteiger partial charge in [-0.05, 0) is 27.2 Å². The molecule has 0 saturated carbocycles. The maximum atomic E-state index is 13.9. The van der Waals surface area contributed by atoms with Crippen molar-refractivity contribution in [1.29, 1.82) is 0 Å². The Kier molecular flexibility index (Phi) is 6.84. The van der Waals surface area contributed by atoms with Crippen LogP contribution in [0.1, 0.15) is 34.1 Å². The summed E-state index contributed by atoms with van der Waals surface area (Å²) < 4.78 is 13.9. The number of nitrogens with one attached hydrogen (secondary N) is 2. The molecule has 1 aromatic heterocycles. The van der Waals surface area contributed by atoms with Crippen molar-refractivity contribution in [2.75, 3.05) is 29.9 Å². The molecule has 118 valence electrons. The average Bonchev–Trinajstić information content (AvgIpc) is 2.43. The van der Waals surface area contributed by atoms with Crippen LogP contribution in [0.3, 0.4) is 0 Å². The standard InChI is InChI=1S/C14H24FN5O/c1-5-7-16-14-17-8-11(15)13(19-14)20(6-2)9-12(21)18-10(3)4/h8,10H,5-7,9H2,1-4H3,(H,18,21)(H,16,17,19). The second-order valence-electron chi connectivity index (χ2n) is 5.03. The number of hydrogen-bond donors (Lipinski definition) is 2. The van der Waals surface area contributed by atoms with Crippen LogP contribution in [0.2, 0.25) is 0 Å². The summed E-state index contributed by atoms with van der Waals surface area (Å²) >= 11 is 0. The van der Waals surface area contributed by atoms with E-state index in [0.29, 0.717) is 19.0 Å². The summed E-state index contributed by atoms with van der Waals surface area (Å²) in [6.07, 6.45) is 2.05. The fourth-order valence-electron chi connectivity index (χ4n) is 1.78. The Morgan fingerprint density at radius 3 is 2.71 bits per heavy atom. The van der Waals surface area contributed by atoms with E-state index in [9.17, 15) is 9.18 Å². The van der Waals surface area contributed by atoms with Crippen molar-refractivity contribution < 1.29 is 9.18 Å². The Balaban J connectivity index is 2.85. The van der Waals surface area contributed by atoms with E-state index in [-0.39, 0.29) is 24.3 Å². The SMILES string of the molecule is CCCNc1ncc(F)c(N(CC)CC(=O)NC(C)C)n1. The predicted molar refractivity (Wildman–Crippen MR) is 81.9 cm³/mol. The number of carbonyl (C=O) groups is 1. The molecule has 0 aromatic carbocycles. The maximum Gasteiger partial charge on any atom is 0.239 e. The van der Waals surface area contributed by atoms with E-state index in [1.165, 1.54) is 0 Å². The number of hydrogen-bond acceptors (Lipinski definition) is 5. The topological polar surface area (TPSA) is 70.2 Å². The van der Waals surface area contributed by atoms with Gasteiger partial charge in [0.25, 0.3) is 0 Å². The third kappa shape index (κ3) is 5.53. The fourth-order valence-corrected chi connectivity index (χ4v) is 1.78. The van der Waals surface area contributed by atoms with Crippen molar-refractivity contribution in [2.24, 2.45) is 0 Å². The summed E-state index contributed by atoms with van der Waals surface area (Å²) in [5.74, 6) is -0.176. The largest absolute Gasteiger partial charge is 0.354 e. The van der Waals surface area contributed by atoms with Gasteiger partial charge in [-0.3, -0.25) is 4.79 Å². The second kappa shape index (κ2) is 8.39. The van der Waals surface area contributed by atoms with Crippen LogP contribution in [-0.2, 0) is 4.79 Å². The van der Waals surface area contributed by atoms with Gasteiger partial charge >= 0.3 is 0 Å². The van der Waals surface area contributed by atoms with Crippen LogP contribution in [0.15, 0.2) is 6.20 Å². The van der Waals surface area contributed by atoms with Gasteiger partial charge in [0, 0.05) is 19.1 Å². The lowest BCUT2D eigenvalue weighted by atomic mass is 10.3. The zero-order valence-electron chi connectivity index (χ0n) is 13.1. The molecule has 0 atom stereocenters. The molecule has 0 saturated heterocycles. The second-order valence-corrected chi connectivity index (χ2v) is 5.03. The first-order chi connectivity index (χ1) is 9.97. The van der Waals surface area contributed by atoms with Crippen LogP contribution in [0.4, 0.5) is 16.2 Å². The van der Waals surface area contributed by atoms with Crippen LogP contribution < -0.4 is 15.5 Å². The molecule has 1 heterocycles. The molecule has 0 fully saturated rings. The molecule has 0 aliphatic heterocycles. The van der Waals surface area contributed by atoms with Crippen LogP contribution in [0.25, 0.3) is 0 Å². The van der Waals surface area contributed by atoms with Crippen LogP contribution in [0.5, 0.6) is 0 Å². The number of nitrogens with zero attached hydrogens (tertiary/aromatic N) is 3. The highest BCUT2D eigenvalue weighted by Crippen LogP contribution is 2.17. The number of aromatic nitrogens is 2. The quantitative estimate of drug-likeness (QED) is 0.765. The molecule has 0 unspecified atom stereocenters. The number of anilines is 2. The molecular weight excluding hydrogens is 273 g/mol. The Bertz CT molecular complexity index is 467. The Labute approximate surface area is 125 Å². The highest BCUT2D eigenvalue weighted by atomic mass is 19.1. The first kappa shape index (κ1) is 17.1. The normalized spacial score (nSPS) is 10.6. The van der Waals surface area contributed by atoms with E-state index >= 15 is 0 Å². The molecule has 0 aliphatic rings. The Morgan fingerprint density at radius 2 is 2.14 bits per heavy atom. The molecule has 2 N–H and O–H groups in total. The van der Waals surface area contributed by atoms with Crippen molar-refractivity contribution in [2.45, 2.75) is 40.2 Å². The van der Waals surface area contributed by atoms with Gasteiger partial charge in [-0.25, -0.2) is 9.37 Å². The molecule has 6 nitrogen and oxygen atoms in total. The number of carbonyl (C=O) groups excluding carboxylic acids is 1. The van der Waals surface area contributed by atoms with Crippen LogP contribution in [0, 0.1) is 5.82 Å². The summed E-state index contributed by atoms with van der Waals surface area (Å²) in [7, 11) is 0. The van der Waals surface area contributed by atoms with E-state index in [2.05, 4.69) is 20.6 Å². The maximum absolute atomic E-state index is 13.9. The monoisotopic (exact) mass is 297 g/mol. The zero-order valence-corrected chi connectivity index (χ0v) is 13.1. The van der Waals surface area contributed by atoms with Gasteiger partial charge in [-0.2, -0.15) is 4.98 Å². The number of likely N-dealkylation sites (N-methyl/N-ethyl adjacent to an activating group) is 1. The highest BCUT2D eigenvalue weighted by molar-refractivity contribution is 5.81. The summed E-state index contributed by atoms with van der Waals surface area (Å²) in [6.45, 7) is 8.89. The molecule has 1 aromatic rings. The van der Waals surface area contributed by atoms with Crippen molar-refractivity contribution >= 4 is 17.7 Å². The van der Waals surface area contributed by atoms with E-state index in [4.69, 9.17) is 0 Å². The van der Waals surface area contributed by atoms with Crippen molar-refractivity contribution in [3.63, 3.8) is 0 Å². The van der Waals surface area contributed by atoms with Crippen molar-refractivity contribution in [1.82, 2.24) is 15.3 Å². The molecule has 7 heteroatoms. The Hall–Kier alpha value is -1.92. The van der Waals surface area contributed by atoms with E-state index < -0.39 is 5.82 Å². The third-order valence-electron chi connectivity index (χ3n) is 2.72. The zero-order chi connectivity index (χ0) is 15.8. The smallest absolute Gasteiger partial charge is 0.239 e. The molecular formula is C14H24FN5O. The van der Waals surface area contributed by atoms with Gasteiger partial charge in [0.1, 0.15) is 0 Å². The van der Waals surface area contributed by atoms with E-state index in [1.807, 2.05) is 27.7 Å². The van der Waals surface area contributed by atoms with Crippen LogP contribution in [-0.4, -0.2) is 41.6 Å². The minimum atomic E-state index is -0.531. The number of rotatable bonds is 8.